The van der Waals surface area contributed by atoms with Gasteiger partial charge in [-0.05, 0) is 57.8 Å². The smallest absolute Gasteiger partial charge is 0.122 e. The van der Waals surface area contributed by atoms with E-state index in [1.165, 1.54) is 32.4 Å². The van der Waals surface area contributed by atoms with Crippen LogP contribution in [0.3, 0.4) is 0 Å². The first-order chi connectivity index (χ1) is 9.65. The molecule has 1 aromatic rings. The van der Waals surface area contributed by atoms with Crippen LogP contribution in [0.2, 0.25) is 0 Å². The monoisotopic (exact) mass is 274 g/mol. The Morgan fingerprint density at radius 3 is 2.95 bits per heavy atom. The molecule has 0 spiro atoms. The molecule has 1 aromatic carbocycles. The number of phenolic OH excluding ortho intramolecular Hbond substituents is 1. The number of phenols is 1. The molecule has 2 unspecified atom stereocenters. The Morgan fingerprint density at radius 2 is 2.10 bits per heavy atom. The van der Waals surface area contributed by atoms with Gasteiger partial charge < -0.3 is 10.0 Å². The molecule has 2 saturated heterocycles. The van der Waals surface area contributed by atoms with Crippen molar-refractivity contribution in [1.29, 1.82) is 0 Å². The van der Waals surface area contributed by atoms with Crippen molar-refractivity contribution in [3.8, 4) is 5.75 Å². The van der Waals surface area contributed by atoms with Gasteiger partial charge in [-0.25, -0.2) is 0 Å². The Balaban J connectivity index is 1.66. The van der Waals surface area contributed by atoms with Gasteiger partial charge in [0.25, 0.3) is 0 Å². The molecular weight excluding hydrogens is 248 g/mol. The zero-order chi connectivity index (χ0) is 14.1. The van der Waals surface area contributed by atoms with Crippen molar-refractivity contribution >= 4 is 0 Å². The summed E-state index contributed by atoms with van der Waals surface area (Å²) in [4.78, 5) is 5.07. The van der Waals surface area contributed by atoms with E-state index < -0.39 is 0 Å². The number of likely N-dealkylation sites (tertiary alicyclic amines) is 2. The third-order valence-electron chi connectivity index (χ3n) is 5.15. The highest BCUT2D eigenvalue weighted by Crippen LogP contribution is 2.31. The zero-order valence-electron chi connectivity index (χ0n) is 12.7. The van der Waals surface area contributed by atoms with Crippen LogP contribution in [0.4, 0.5) is 0 Å². The van der Waals surface area contributed by atoms with Crippen LogP contribution < -0.4 is 0 Å². The van der Waals surface area contributed by atoms with Crippen molar-refractivity contribution in [2.24, 2.45) is 5.92 Å². The van der Waals surface area contributed by atoms with Crippen molar-refractivity contribution in [2.75, 3.05) is 26.7 Å². The lowest BCUT2D eigenvalue weighted by Crippen LogP contribution is -2.52. The number of piperidine rings is 2. The number of benzene rings is 1. The molecule has 0 saturated carbocycles. The predicted octanol–water partition coefficient (Wildman–Crippen LogP) is 2.62. The molecule has 0 radical (unpaired) electrons. The van der Waals surface area contributed by atoms with Gasteiger partial charge in [-0.3, -0.25) is 4.90 Å². The first-order valence-electron chi connectivity index (χ1n) is 7.85. The second-order valence-corrected chi connectivity index (χ2v) is 6.56. The molecule has 110 valence electrons. The van der Waals surface area contributed by atoms with Gasteiger partial charge in [0.05, 0.1) is 0 Å². The van der Waals surface area contributed by atoms with Crippen molar-refractivity contribution in [3.05, 3.63) is 29.3 Å². The van der Waals surface area contributed by atoms with E-state index in [9.17, 15) is 5.11 Å². The van der Waals surface area contributed by atoms with E-state index in [2.05, 4.69) is 22.9 Å². The molecule has 3 heteroatoms. The van der Waals surface area contributed by atoms with E-state index in [-0.39, 0.29) is 0 Å². The van der Waals surface area contributed by atoms with E-state index >= 15 is 0 Å². The average Bonchev–Trinajstić information content (AvgIpc) is 2.44. The van der Waals surface area contributed by atoms with Crippen LogP contribution in [0.5, 0.6) is 5.75 Å². The molecule has 0 aliphatic carbocycles. The fourth-order valence-electron chi connectivity index (χ4n) is 3.96. The maximum absolute atomic E-state index is 10.2. The van der Waals surface area contributed by atoms with Gasteiger partial charge in [0.2, 0.25) is 0 Å². The molecule has 1 N–H and O–H groups in total. The summed E-state index contributed by atoms with van der Waals surface area (Å²) >= 11 is 0. The Morgan fingerprint density at radius 1 is 1.25 bits per heavy atom. The average molecular weight is 274 g/mol. The van der Waals surface area contributed by atoms with E-state index in [1.54, 1.807) is 0 Å². The van der Waals surface area contributed by atoms with E-state index in [4.69, 9.17) is 0 Å². The number of fused-ring (bicyclic) bond motifs is 1. The number of aromatic hydroxyl groups is 1. The summed E-state index contributed by atoms with van der Waals surface area (Å²) < 4.78 is 0. The van der Waals surface area contributed by atoms with Gasteiger partial charge >= 0.3 is 0 Å². The number of hydrogen-bond acceptors (Lipinski definition) is 3. The molecule has 3 nitrogen and oxygen atoms in total. The first-order valence-corrected chi connectivity index (χ1v) is 7.85. The molecule has 2 atom stereocenters. The van der Waals surface area contributed by atoms with Gasteiger partial charge in [0, 0.05) is 24.7 Å². The second kappa shape index (κ2) is 5.74. The fraction of sp³-hybridized carbons (Fsp3) is 0.647. The lowest BCUT2D eigenvalue weighted by Gasteiger charge is -2.46. The number of aryl methyl sites for hydroxylation is 1. The summed E-state index contributed by atoms with van der Waals surface area (Å²) in [5, 5.41) is 10.2. The van der Waals surface area contributed by atoms with Gasteiger partial charge in [0.15, 0.2) is 0 Å². The first kappa shape index (κ1) is 13.9. The van der Waals surface area contributed by atoms with Gasteiger partial charge in [-0.2, -0.15) is 0 Å². The number of para-hydroxylation sites is 1. The number of rotatable bonds is 2. The molecule has 2 heterocycles. The molecule has 3 rings (SSSR count). The minimum atomic E-state index is 0.482. The third kappa shape index (κ3) is 2.70. The molecule has 0 amide bonds. The standard InChI is InChI=1S/C17H26N2O/c1-13-5-3-6-15(17(13)20)12-19-10-8-16-14(11-19)7-4-9-18(16)2/h3,5-6,14,16,20H,4,7-12H2,1-2H3. The van der Waals surface area contributed by atoms with Crippen LogP contribution in [-0.4, -0.2) is 47.6 Å². The summed E-state index contributed by atoms with van der Waals surface area (Å²) in [5.74, 6) is 1.30. The largest absolute Gasteiger partial charge is 0.507 e. The van der Waals surface area contributed by atoms with Crippen LogP contribution in [-0.2, 0) is 6.54 Å². The maximum Gasteiger partial charge on any atom is 0.122 e. The zero-order valence-corrected chi connectivity index (χ0v) is 12.7. The highest BCUT2D eigenvalue weighted by Gasteiger charge is 2.34. The SMILES string of the molecule is Cc1cccc(CN2CCC3C(CCCN3C)C2)c1O. The van der Waals surface area contributed by atoms with Crippen LogP contribution in [0.1, 0.15) is 30.4 Å². The van der Waals surface area contributed by atoms with Crippen molar-refractivity contribution in [2.45, 2.75) is 38.8 Å². The molecule has 2 aliphatic rings. The molecule has 20 heavy (non-hydrogen) atoms. The summed E-state index contributed by atoms with van der Waals surface area (Å²) in [6, 6.07) is 6.86. The van der Waals surface area contributed by atoms with Crippen LogP contribution in [0.25, 0.3) is 0 Å². The van der Waals surface area contributed by atoms with E-state index in [1.807, 2.05) is 19.1 Å². The number of hydrogen-bond donors (Lipinski definition) is 1. The van der Waals surface area contributed by atoms with Crippen LogP contribution in [0.15, 0.2) is 18.2 Å². The summed E-state index contributed by atoms with van der Waals surface area (Å²) in [5.41, 5.74) is 2.06. The van der Waals surface area contributed by atoms with Crippen LogP contribution in [0, 0.1) is 12.8 Å². The van der Waals surface area contributed by atoms with Gasteiger partial charge in [-0.1, -0.05) is 18.2 Å². The minimum Gasteiger partial charge on any atom is -0.507 e. The lowest BCUT2D eigenvalue weighted by molar-refractivity contribution is 0.0352. The van der Waals surface area contributed by atoms with E-state index in [0.717, 1.165) is 36.2 Å². The Labute approximate surface area is 122 Å². The third-order valence-corrected chi connectivity index (χ3v) is 5.15. The molecular formula is C17H26N2O. The van der Waals surface area contributed by atoms with Crippen molar-refractivity contribution in [1.82, 2.24) is 9.80 Å². The highest BCUT2D eigenvalue weighted by atomic mass is 16.3. The fourth-order valence-corrected chi connectivity index (χ4v) is 3.96. The van der Waals surface area contributed by atoms with E-state index in [0.29, 0.717) is 5.75 Å². The lowest BCUT2D eigenvalue weighted by atomic mass is 9.84. The highest BCUT2D eigenvalue weighted by molar-refractivity contribution is 5.39. The van der Waals surface area contributed by atoms with Gasteiger partial charge in [0.1, 0.15) is 5.75 Å². The molecule has 2 fully saturated rings. The normalized spacial score (nSPS) is 28.3. The molecule has 2 aliphatic heterocycles. The predicted molar refractivity (Wildman–Crippen MR) is 81.9 cm³/mol. The minimum absolute atomic E-state index is 0.482. The Bertz CT molecular complexity index is 474. The summed E-state index contributed by atoms with van der Waals surface area (Å²) in [7, 11) is 2.28. The molecule has 0 aromatic heterocycles. The van der Waals surface area contributed by atoms with Gasteiger partial charge in [-0.15, -0.1) is 0 Å². The quantitative estimate of drug-likeness (QED) is 0.898. The summed E-state index contributed by atoms with van der Waals surface area (Å²) in [6.07, 6.45) is 3.97. The summed E-state index contributed by atoms with van der Waals surface area (Å²) in [6.45, 7) is 6.46. The van der Waals surface area contributed by atoms with Crippen LogP contribution >= 0.6 is 0 Å². The second-order valence-electron chi connectivity index (χ2n) is 6.56. The van der Waals surface area contributed by atoms with Crippen molar-refractivity contribution in [3.63, 3.8) is 0 Å². The maximum atomic E-state index is 10.2. The number of nitrogens with zero attached hydrogens (tertiary/aromatic N) is 2. The Hall–Kier alpha value is -1.06. The Kier molecular flexibility index (Phi) is 3.99. The van der Waals surface area contributed by atoms with Crippen molar-refractivity contribution < 1.29 is 5.11 Å². The molecule has 0 bridgehead atoms. The topological polar surface area (TPSA) is 26.7 Å².